The summed E-state index contributed by atoms with van der Waals surface area (Å²) >= 11 is -2.71. The molecule has 17 heavy (non-hydrogen) atoms. The van der Waals surface area contributed by atoms with Crippen molar-refractivity contribution in [3.8, 4) is 5.75 Å². The molecule has 0 fully saturated rings. The van der Waals surface area contributed by atoms with Gasteiger partial charge in [-0.3, -0.25) is 4.18 Å². The van der Waals surface area contributed by atoms with E-state index in [4.69, 9.17) is 9.47 Å². The third-order valence-corrected chi connectivity index (χ3v) is 2.54. The summed E-state index contributed by atoms with van der Waals surface area (Å²) in [5, 5.41) is 10.0. The van der Waals surface area contributed by atoms with Gasteiger partial charge in [0.05, 0.1) is 18.5 Å². The van der Waals surface area contributed by atoms with Gasteiger partial charge in [0, 0.05) is 12.7 Å². The average molecular weight is 261 g/mol. The Bertz CT molecular complexity index is 379. The van der Waals surface area contributed by atoms with Crippen LogP contribution in [-0.4, -0.2) is 34.7 Å². The molecule has 1 rings (SSSR count). The van der Waals surface area contributed by atoms with Crippen molar-refractivity contribution in [2.24, 2.45) is 0 Å². The molecule has 7 heteroatoms. The van der Waals surface area contributed by atoms with Gasteiger partial charge in [-0.15, -0.1) is 0 Å². The van der Waals surface area contributed by atoms with Crippen molar-refractivity contribution in [1.82, 2.24) is 0 Å². The van der Waals surface area contributed by atoms with Gasteiger partial charge in [0.15, 0.2) is 0 Å². The van der Waals surface area contributed by atoms with Crippen LogP contribution in [0, 0.1) is 0 Å². The van der Waals surface area contributed by atoms with Gasteiger partial charge in [0.25, 0.3) is 0 Å². The minimum absolute atomic E-state index is 0.367. The first-order valence-corrected chi connectivity index (χ1v) is 5.66. The highest BCUT2D eigenvalue weighted by Gasteiger charge is 2.29. The lowest BCUT2D eigenvalue weighted by Crippen LogP contribution is -2.34. The van der Waals surface area contributed by atoms with E-state index in [9.17, 15) is 13.9 Å². The molecule has 0 amide bonds. The summed E-state index contributed by atoms with van der Waals surface area (Å²) in [7, 11) is 2.77. The number of methoxy groups -OCH3 is 2. The van der Waals surface area contributed by atoms with Gasteiger partial charge < -0.3 is 19.1 Å². The molecule has 0 saturated heterocycles. The highest BCUT2D eigenvalue weighted by Crippen LogP contribution is 2.24. The van der Waals surface area contributed by atoms with Crippen molar-refractivity contribution in [2.45, 2.75) is 5.79 Å². The lowest BCUT2D eigenvalue weighted by molar-refractivity contribution is -0.211. The van der Waals surface area contributed by atoms with E-state index in [-0.39, 0.29) is 0 Å². The lowest BCUT2D eigenvalue weighted by atomic mass is 10.1. The minimum atomic E-state index is -2.71. The molecule has 2 atom stereocenters. The second kappa shape index (κ2) is 6.08. The van der Waals surface area contributed by atoms with Crippen molar-refractivity contribution in [3.63, 3.8) is 0 Å². The van der Waals surface area contributed by atoms with Gasteiger partial charge in [-0.05, 0) is 24.3 Å². The maximum Gasteiger partial charge on any atom is 0.217 e. The monoisotopic (exact) mass is 261 g/mol. The summed E-state index contributed by atoms with van der Waals surface area (Å²) in [4.78, 5) is 0. The number of hydrogen-bond acceptors (Lipinski definition) is 6. The molecule has 0 aliphatic rings. The van der Waals surface area contributed by atoms with Gasteiger partial charge in [-0.2, -0.15) is 0 Å². The summed E-state index contributed by atoms with van der Waals surface area (Å²) in [6.07, 6.45) is 0. The predicted molar refractivity (Wildman–Crippen MR) is 58.8 cm³/mol. The zero-order valence-electron chi connectivity index (χ0n) is 9.41. The third kappa shape index (κ3) is 3.76. The Labute approximate surface area is 102 Å². The highest BCUT2D eigenvalue weighted by molar-refractivity contribution is 7.74. The van der Waals surface area contributed by atoms with Crippen LogP contribution in [0.1, 0.15) is 5.56 Å². The summed E-state index contributed by atoms with van der Waals surface area (Å²) in [5.74, 6) is -1.20. The van der Waals surface area contributed by atoms with Crippen molar-refractivity contribution < 1.29 is 27.5 Å². The smallest absolute Gasteiger partial charge is 0.217 e. The average Bonchev–Trinajstić information content (AvgIpc) is 2.36. The number of hydrogen-bond donors (Lipinski definition) is 1. The number of rotatable bonds is 6. The van der Waals surface area contributed by atoms with Crippen molar-refractivity contribution in [3.05, 3.63) is 29.8 Å². The van der Waals surface area contributed by atoms with E-state index in [1.807, 2.05) is 0 Å². The van der Waals surface area contributed by atoms with Crippen molar-refractivity contribution in [1.29, 1.82) is 0 Å². The maximum atomic E-state index is 10.3. The van der Waals surface area contributed by atoms with Crippen LogP contribution in [-0.2, 0) is 26.1 Å². The van der Waals surface area contributed by atoms with Crippen LogP contribution in [0.25, 0.3) is 0 Å². The number of aliphatic hydroxyl groups is 1. The molecule has 2 unspecified atom stereocenters. The first-order chi connectivity index (χ1) is 8.01. The molecular formula is C10H13O6S-. The highest BCUT2D eigenvalue weighted by atomic mass is 32.2. The molecule has 0 heterocycles. The van der Waals surface area contributed by atoms with Crippen LogP contribution in [0.15, 0.2) is 24.3 Å². The van der Waals surface area contributed by atoms with Crippen molar-refractivity contribution in [2.75, 3.05) is 20.8 Å². The minimum Gasteiger partial charge on any atom is -0.750 e. The van der Waals surface area contributed by atoms with Gasteiger partial charge in [-0.1, -0.05) is 0 Å². The SMILES string of the molecule is COc1ccc(C(O)(COS(=O)[O-])OC)cc1. The molecule has 0 spiro atoms. The summed E-state index contributed by atoms with van der Waals surface area (Å²) in [6.45, 7) is -0.522. The van der Waals surface area contributed by atoms with E-state index in [0.717, 1.165) is 0 Å². The largest absolute Gasteiger partial charge is 0.750 e. The molecule has 6 nitrogen and oxygen atoms in total. The van der Waals surface area contributed by atoms with E-state index >= 15 is 0 Å². The summed E-state index contributed by atoms with van der Waals surface area (Å²) < 4.78 is 34.7. The third-order valence-electron chi connectivity index (χ3n) is 2.23. The Morgan fingerprint density at radius 1 is 1.35 bits per heavy atom. The number of benzene rings is 1. The molecule has 0 aromatic heterocycles. The Morgan fingerprint density at radius 3 is 2.35 bits per heavy atom. The fourth-order valence-corrected chi connectivity index (χ4v) is 1.50. The lowest BCUT2D eigenvalue weighted by Gasteiger charge is -2.26. The molecule has 96 valence electrons. The van der Waals surface area contributed by atoms with Gasteiger partial charge in [0.2, 0.25) is 5.79 Å². The zero-order chi connectivity index (χ0) is 12.9. The first-order valence-electron chi connectivity index (χ1n) is 4.66. The Balaban J connectivity index is 2.86. The molecular weight excluding hydrogens is 248 g/mol. The molecule has 0 radical (unpaired) electrons. The van der Waals surface area contributed by atoms with E-state index in [2.05, 4.69) is 4.18 Å². The molecule has 0 saturated carbocycles. The summed E-state index contributed by atoms with van der Waals surface area (Å²) in [6, 6.07) is 6.35. The first kappa shape index (κ1) is 14.1. The maximum absolute atomic E-state index is 10.3. The predicted octanol–water partition coefficient (Wildman–Crippen LogP) is 0.297. The van der Waals surface area contributed by atoms with Crippen molar-refractivity contribution >= 4 is 11.4 Å². The van der Waals surface area contributed by atoms with Gasteiger partial charge in [-0.25, -0.2) is 4.21 Å². The van der Waals surface area contributed by atoms with E-state index in [0.29, 0.717) is 11.3 Å². The van der Waals surface area contributed by atoms with E-state index in [1.165, 1.54) is 14.2 Å². The molecule has 1 N–H and O–H groups in total. The van der Waals surface area contributed by atoms with Crippen LogP contribution in [0.4, 0.5) is 0 Å². The van der Waals surface area contributed by atoms with Crippen LogP contribution < -0.4 is 4.74 Å². The Hall–Kier alpha value is -0.990. The van der Waals surface area contributed by atoms with Crippen LogP contribution in [0.2, 0.25) is 0 Å². The molecule has 1 aromatic rings. The normalized spacial score (nSPS) is 16.2. The molecule has 0 aliphatic carbocycles. The topological polar surface area (TPSA) is 88.0 Å². The number of ether oxygens (including phenoxy) is 2. The zero-order valence-corrected chi connectivity index (χ0v) is 10.2. The molecule has 0 bridgehead atoms. The summed E-state index contributed by atoms with van der Waals surface area (Å²) in [5.41, 5.74) is 0.367. The fraction of sp³-hybridized carbons (Fsp3) is 0.400. The van der Waals surface area contributed by atoms with Gasteiger partial charge in [0.1, 0.15) is 12.4 Å². The fourth-order valence-electron chi connectivity index (χ4n) is 1.24. The van der Waals surface area contributed by atoms with E-state index in [1.54, 1.807) is 24.3 Å². The van der Waals surface area contributed by atoms with Crippen LogP contribution >= 0.6 is 0 Å². The Kier molecular flexibility index (Phi) is 5.03. The van der Waals surface area contributed by atoms with Gasteiger partial charge >= 0.3 is 0 Å². The molecule has 1 aromatic carbocycles. The van der Waals surface area contributed by atoms with Crippen LogP contribution in [0.5, 0.6) is 5.75 Å². The molecule has 0 aliphatic heterocycles. The Morgan fingerprint density at radius 2 is 1.94 bits per heavy atom. The quantitative estimate of drug-likeness (QED) is 0.585. The second-order valence-corrected chi connectivity index (χ2v) is 3.83. The van der Waals surface area contributed by atoms with Crippen LogP contribution in [0.3, 0.4) is 0 Å². The van der Waals surface area contributed by atoms with E-state index < -0.39 is 23.8 Å². The second-order valence-electron chi connectivity index (χ2n) is 3.18. The standard InChI is InChI=1S/C10H14O6S/c1-14-9-5-3-8(4-6-9)10(11,15-2)7-16-17(12)13/h3-6,11H,7H2,1-2H3,(H,12,13)/p-1.